The van der Waals surface area contributed by atoms with Gasteiger partial charge in [0.15, 0.2) is 0 Å². The fraction of sp³-hybridized carbons (Fsp3) is 0.136. The lowest BCUT2D eigenvalue weighted by atomic mass is 10.2. The Hall–Kier alpha value is -2.92. The molecule has 0 spiro atoms. The lowest BCUT2D eigenvalue weighted by Crippen LogP contribution is -2.03. The molecule has 0 aliphatic heterocycles. The van der Waals surface area contributed by atoms with Crippen molar-refractivity contribution >= 4 is 17.7 Å². The van der Waals surface area contributed by atoms with Crippen LogP contribution in [-0.4, -0.2) is 19.3 Å². The van der Waals surface area contributed by atoms with Crippen molar-refractivity contribution in [1.82, 2.24) is 0 Å². The van der Waals surface area contributed by atoms with Crippen molar-refractivity contribution in [2.75, 3.05) is 13.4 Å². The van der Waals surface area contributed by atoms with Crippen LogP contribution >= 0.6 is 11.8 Å². The summed E-state index contributed by atoms with van der Waals surface area (Å²) in [5.41, 5.74) is 1.41. The maximum Gasteiger partial charge on any atom is 0.338 e. The van der Waals surface area contributed by atoms with Crippen LogP contribution in [0.25, 0.3) is 0 Å². The van der Waals surface area contributed by atoms with E-state index in [1.165, 1.54) is 7.11 Å². The fourth-order valence-electron chi connectivity index (χ4n) is 2.47. The summed E-state index contributed by atoms with van der Waals surface area (Å²) in [6, 6.07) is 22.6. The minimum atomic E-state index is -0.442. The van der Waals surface area contributed by atoms with Crippen LogP contribution in [0.4, 0.5) is 0 Å². The summed E-state index contributed by atoms with van der Waals surface area (Å²) in [5, 5.41) is 0. The first-order chi connectivity index (χ1) is 13.2. The van der Waals surface area contributed by atoms with Crippen LogP contribution in [-0.2, 0) is 11.3 Å². The van der Waals surface area contributed by atoms with Crippen LogP contribution in [0.3, 0.4) is 0 Å². The van der Waals surface area contributed by atoms with Crippen LogP contribution in [0.5, 0.6) is 17.2 Å². The molecule has 4 nitrogen and oxygen atoms in total. The SMILES string of the molecule is COC(=O)c1cc(OCc2ccccc2)cc(Oc2ccc(SC)cc2)c1. The average molecular weight is 380 g/mol. The van der Waals surface area contributed by atoms with Crippen LogP contribution in [0, 0.1) is 0 Å². The monoisotopic (exact) mass is 380 g/mol. The van der Waals surface area contributed by atoms with Crippen molar-refractivity contribution in [3.63, 3.8) is 0 Å². The number of thioether (sulfide) groups is 1. The molecule has 3 rings (SSSR count). The second-order valence-corrected chi connectivity index (χ2v) is 6.62. The highest BCUT2D eigenvalue weighted by molar-refractivity contribution is 7.98. The van der Waals surface area contributed by atoms with Gasteiger partial charge in [-0.1, -0.05) is 30.3 Å². The standard InChI is InChI=1S/C22H20O4S/c1-24-22(23)17-12-19(25-15-16-6-4-3-5-7-16)14-20(13-17)26-18-8-10-21(27-2)11-9-18/h3-14H,15H2,1-2H3. The van der Waals surface area contributed by atoms with Crippen molar-refractivity contribution in [2.45, 2.75) is 11.5 Å². The molecule has 0 aromatic heterocycles. The Kier molecular flexibility index (Phi) is 6.39. The minimum Gasteiger partial charge on any atom is -0.489 e. The Morgan fingerprint density at radius 1 is 0.889 bits per heavy atom. The zero-order valence-corrected chi connectivity index (χ0v) is 16.0. The average Bonchev–Trinajstić information content (AvgIpc) is 2.73. The van der Waals surface area contributed by atoms with Gasteiger partial charge in [-0.25, -0.2) is 4.79 Å². The van der Waals surface area contributed by atoms with Gasteiger partial charge >= 0.3 is 5.97 Å². The molecule has 0 fully saturated rings. The molecule has 0 saturated carbocycles. The Balaban J connectivity index is 1.82. The molecule has 138 valence electrons. The van der Waals surface area contributed by atoms with Gasteiger partial charge in [-0.2, -0.15) is 0 Å². The number of hydrogen-bond donors (Lipinski definition) is 0. The first-order valence-corrected chi connectivity index (χ1v) is 9.62. The van der Waals surface area contributed by atoms with Gasteiger partial charge in [0.1, 0.15) is 23.9 Å². The van der Waals surface area contributed by atoms with E-state index in [9.17, 15) is 4.79 Å². The van der Waals surface area contributed by atoms with Gasteiger partial charge in [-0.05, 0) is 48.2 Å². The number of hydrogen-bond acceptors (Lipinski definition) is 5. The topological polar surface area (TPSA) is 44.8 Å². The molecule has 27 heavy (non-hydrogen) atoms. The van der Waals surface area contributed by atoms with Crippen molar-refractivity contribution in [3.05, 3.63) is 83.9 Å². The van der Waals surface area contributed by atoms with E-state index in [1.54, 1.807) is 30.0 Å². The number of rotatable bonds is 7. The Morgan fingerprint density at radius 2 is 1.59 bits per heavy atom. The fourth-order valence-corrected chi connectivity index (χ4v) is 2.88. The van der Waals surface area contributed by atoms with E-state index in [-0.39, 0.29) is 0 Å². The summed E-state index contributed by atoms with van der Waals surface area (Å²) < 4.78 is 16.6. The van der Waals surface area contributed by atoms with E-state index in [0.717, 1.165) is 10.5 Å². The predicted octanol–water partition coefficient (Wildman–Crippen LogP) is 5.57. The number of ether oxygens (including phenoxy) is 3. The second kappa shape index (κ2) is 9.14. The van der Waals surface area contributed by atoms with E-state index in [0.29, 0.717) is 29.4 Å². The lowest BCUT2D eigenvalue weighted by Gasteiger charge is -2.12. The molecule has 0 bridgehead atoms. The smallest absolute Gasteiger partial charge is 0.338 e. The Morgan fingerprint density at radius 3 is 2.26 bits per heavy atom. The van der Waals surface area contributed by atoms with E-state index >= 15 is 0 Å². The Bertz CT molecular complexity index is 892. The molecule has 0 saturated heterocycles. The molecule has 0 amide bonds. The van der Waals surface area contributed by atoms with E-state index in [2.05, 4.69) is 0 Å². The van der Waals surface area contributed by atoms with Gasteiger partial charge in [0.05, 0.1) is 12.7 Å². The molecule has 0 atom stereocenters. The van der Waals surface area contributed by atoms with Crippen molar-refractivity contribution in [1.29, 1.82) is 0 Å². The highest BCUT2D eigenvalue weighted by Gasteiger charge is 2.11. The maximum atomic E-state index is 12.0. The molecular weight excluding hydrogens is 360 g/mol. The number of benzene rings is 3. The molecule has 0 N–H and O–H groups in total. The molecule has 0 heterocycles. The summed E-state index contributed by atoms with van der Waals surface area (Å²) >= 11 is 1.66. The van der Waals surface area contributed by atoms with E-state index in [1.807, 2.05) is 60.9 Å². The summed E-state index contributed by atoms with van der Waals surface area (Å²) in [6.07, 6.45) is 2.02. The minimum absolute atomic E-state index is 0.374. The Labute approximate surface area is 163 Å². The zero-order chi connectivity index (χ0) is 19.1. The van der Waals surface area contributed by atoms with Crippen molar-refractivity contribution < 1.29 is 19.0 Å². The number of carbonyl (C=O) groups excluding carboxylic acids is 1. The highest BCUT2D eigenvalue weighted by Crippen LogP contribution is 2.29. The summed E-state index contributed by atoms with van der Waals surface area (Å²) in [7, 11) is 1.35. The van der Waals surface area contributed by atoms with Gasteiger partial charge in [-0.15, -0.1) is 11.8 Å². The van der Waals surface area contributed by atoms with Gasteiger partial charge in [0.25, 0.3) is 0 Å². The third kappa shape index (κ3) is 5.28. The number of carbonyl (C=O) groups is 1. The van der Waals surface area contributed by atoms with Crippen LogP contribution in [0.2, 0.25) is 0 Å². The normalized spacial score (nSPS) is 10.3. The second-order valence-electron chi connectivity index (χ2n) is 5.74. The maximum absolute atomic E-state index is 12.0. The van der Waals surface area contributed by atoms with Gasteiger partial charge < -0.3 is 14.2 Å². The lowest BCUT2D eigenvalue weighted by molar-refractivity contribution is 0.0600. The molecule has 0 radical (unpaired) electrons. The molecule has 0 aliphatic carbocycles. The third-order valence-corrected chi connectivity index (χ3v) is 4.59. The van der Waals surface area contributed by atoms with E-state index < -0.39 is 5.97 Å². The molecule has 3 aromatic carbocycles. The molecule has 0 aliphatic rings. The first kappa shape index (κ1) is 18.9. The van der Waals surface area contributed by atoms with Crippen LogP contribution in [0.15, 0.2) is 77.7 Å². The predicted molar refractivity (Wildman–Crippen MR) is 107 cm³/mol. The molecule has 3 aromatic rings. The largest absolute Gasteiger partial charge is 0.489 e. The van der Waals surface area contributed by atoms with Crippen molar-refractivity contribution in [2.24, 2.45) is 0 Å². The summed E-state index contributed by atoms with van der Waals surface area (Å²) in [4.78, 5) is 13.1. The van der Waals surface area contributed by atoms with Crippen LogP contribution in [0.1, 0.15) is 15.9 Å². The summed E-state index contributed by atoms with van der Waals surface area (Å²) in [6.45, 7) is 0.396. The molecular formula is C22H20O4S. The highest BCUT2D eigenvalue weighted by atomic mass is 32.2. The van der Waals surface area contributed by atoms with Gasteiger partial charge in [0, 0.05) is 11.0 Å². The quantitative estimate of drug-likeness (QED) is 0.396. The number of methoxy groups -OCH3 is 1. The summed E-state index contributed by atoms with van der Waals surface area (Å²) in [5.74, 6) is 1.29. The first-order valence-electron chi connectivity index (χ1n) is 8.40. The van der Waals surface area contributed by atoms with Gasteiger partial charge in [0.2, 0.25) is 0 Å². The number of esters is 1. The van der Waals surface area contributed by atoms with E-state index in [4.69, 9.17) is 14.2 Å². The van der Waals surface area contributed by atoms with Gasteiger partial charge in [-0.3, -0.25) is 0 Å². The third-order valence-electron chi connectivity index (χ3n) is 3.84. The molecule has 0 unspecified atom stereocenters. The van der Waals surface area contributed by atoms with Crippen molar-refractivity contribution in [3.8, 4) is 17.2 Å². The van der Waals surface area contributed by atoms with Crippen LogP contribution < -0.4 is 9.47 Å². The molecule has 5 heteroatoms. The zero-order valence-electron chi connectivity index (χ0n) is 15.2.